The van der Waals surface area contributed by atoms with Gasteiger partial charge in [-0.3, -0.25) is 0 Å². The van der Waals surface area contributed by atoms with Crippen LogP contribution in [0.25, 0.3) is 0 Å². The van der Waals surface area contributed by atoms with Crippen molar-refractivity contribution >= 4 is 0 Å². The van der Waals surface area contributed by atoms with Crippen LogP contribution in [0.3, 0.4) is 0 Å². The molecule has 0 aromatic carbocycles. The predicted molar refractivity (Wildman–Crippen MR) is 65.7 cm³/mol. The summed E-state index contributed by atoms with van der Waals surface area (Å²) in [5, 5.41) is 0. The summed E-state index contributed by atoms with van der Waals surface area (Å²) in [5.74, 6) is -0.849. The first-order chi connectivity index (χ1) is 7.78. The first-order valence-corrected chi connectivity index (χ1v) is 6.19. The Morgan fingerprint density at radius 3 is 2.18 bits per heavy atom. The molecule has 102 valence electrons. The normalized spacial score (nSPS) is 39.4. The number of ether oxygens (including phenoxy) is 4. The molecule has 0 radical (unpaired) electrons. The second-order valence-corrected chi connectivity index (χ2v) is 5.77. The van der Waals surface area contributed by atoms with Crippen molar-refractivity contribution in [3.05, 3.63) is 0 Å². The van der Waals surface area contributed by atoms with Crippen LogP contribution < -0.4 is 0 Å². The summed E-state index contributed by atoms with van der Waals surface area (Å²) in [5.41, 5.74) is -0.000815. The van der Waals surface area contributed by atoms with Gasteiger partial charge in [-0.15, -0.1) is 0 Å². The van der Waals surface area contributed by atoms with Gasteiger partial charge in [0.1, 0.15) is 0 Å². The van der Waals surface area contributed by atoms with Crippen molar-refractivity contribution in [1.29, 1.82) is 0 Å². The van der Waals surface area contributed by atoms with Crippen LogP contribution in [-0.4, -0.2) is 38.5 Å². The standard InChI is InChI=1S/C13H26O4/c1-8-9-10(12(2,3)4)17-13(5,15-7)11(14-6)16-9/h9-11H,8H2,1-7H3/t9?,10?,11-,13-/m1/s1. The molecule has 1 heterocycles. The van der Waals surface area contributed by atoms with Gasteiger partial charge in [0.05, 0.1) is 12.2 Å². The summed E-state index contributed by atoms with van der Waals surface area (Å²) in [7, 11) is 3.22. The molecule has 1 rings (SSSR count). The maximum Gasteiger partial charge on any atom is 0.217 e. The van der Waals surface area contributed by atoms with Crippen LogP contribution in [0.1, 0.15) is 41.0 Å². The fraction of sp³-hybridized carbons (Fsp3) is 1.00. The molecule has 1 saturated heterocycles. The van der Waals surface area contributed by atoms with Crippen molar-refractivity contribution in [2.24, 2.45) is 5.41 Å². The van der Waals surface area contributed by atoms with E-state index in [2.05, 4.69) is 27.7 Å². The van der Waals surface area contributed by atoms with Crippen molar-refractivity contribution in [3.63, 3.8) is 0 Å². The third-order valence-corrected chi connectivity index (χ3v) is 3.30. The van der Waals surface area contributed by atoms with E-state index in [1.807, 2.05) is 6.92 Å². The summed E-state index contributed by atoms with van der Waals surface area (Å²) < 4.78 is 22.8. The number of hydrogen-bond acceptors (Lipinski definition) is 4. The van der Waals surface area contributed by atoms with Gasteiger partial charge in [-0.1, -0.05) is 27.7 Å². The van der Waals surface area contributed by atoms with Crippen molar-refractivity contribution in [2.75, 3.05) is 14.2 Å². The maximum atomic E-state index is 6.12. The number of rotatable bonds is 3. The summed E-state index contributed by atoms with van der Waals surface area (Å²) in [4.78, 5) is 0. The Balaban J connectivity index is 2.94. The van der Waals surface area contributed by atoms with Crippen LogP contribution in [0.2, 0.25) is 0 Å². The summed E-state index contributed by atoms with van der Waals surface area (Å²) >= 11 is 0. The molecular formula is C13H26O4. The van der Waals surface area contributed by atoms with Crippen molar-refractivity contribution in [1.82, 2.24) is 0 Å². The fourth-order valence-corrected chi connectivity index (χ4v) is 2.20. The second kappa shape index (κ2) is 5.22. The minimum Gasteiger partial charge on any atom is -0.351 e. The highest BCUT2D eigenvalue weighted by Gasteiger charge is 2.50. The van der Waals surface area contributed by atoms with Crippen LogP contribution in [0.5, 0.6) is 0 Å². The zero-order valence-corrected chi connectivity index (χ0v) is 12.1. The topological polar surface area (TPSA) is 36.9 Å². The highest BCUT2D eigenvalue weighted by molar-refractivity contribution is 4.89. The third-order valence-electron chi connectivity index (χ3n) is 3.30. The zero-order valence-electron chi connectivity index (χ0n) is 12.1. The molecule has 0 saturated carbocycles. The van der Waals surface area contributed by atoms with Crippen molar-refractivity contribution < 1.29 is 18.9 Å². The van der Waals surface area contributed by atoms with Crippen LogP contribution in [-0.2, 0) is 18.9 Å². The van der Waals surface area contributed by atoms with E-state index in [1.165, 1.54) is 0 Å². The van der Waals surface area contributed by atoms with E-state index in [0.29, 0.717) is 0 Å². The van der Waals surface area contributed by atoms with E-state index in [9.17, 15) is 0 Å². The van der Waals surface area contributed by atoms with Crippen LogP contribution in [0.15, 0.2) is 0 Å². The van der Waals surface area contributed by atoms with Gasteiger partial charge < -0.3 is 18.9 Å². The molecule has 1 aliphatic rings. The van der Waals surface area contributed by atoms with Gasteiger partial charge in [-0.2, -0.15) is 0 Å². The first kappa shape index (κ1) is 14.9. The number of methoxy groups -OCH3 is 2. The SMILES string of the molecule is CCC1O[C@@H](OC)[C@](C)(OC)OC1C(C)(C)C. The fourth-order valence-electron chi connectivity index (χ4n) is 2.20. The first-order valence-electron chi connectivity index (χ1n) is 6.19. The lowest BCUT2D eigenvalue weighted by Gasteiger charge is -2.50. The molecule has 0 bridgehead atoms. The Labute approximate surface area is 105 Å². The van der Waals surface area contributed by atoms with Crippen molar-refractivity contribution in [3.8, 4) is 0 Å². The predicted octanol–water partition coefficient (Wildman–Crippen LogP) is 2.56. The van der Waals surface area contributed by atoms with Crippen molar-refractivity contribution in [2.45, 2.75) is 65.3 Å². The molecule has 0 amide bonds. The average Bonchev–Trinajstić information content (AvgIpc) is 2.27. The molecule has 0 aromatic rings. The molecule has 0 aliphatic carbocycles. The molecule has 0 spiro atoms. The van der Waals surface area contributed by atoms with Crippen LogP contribution in [0.4, 0.5) is 0 Å². The smallest absolute Gasteiger partial charge is 0.217 e. The van der Waals surface area contributed by atoms with Gasteiger partial charge in [0, 0.05) is 14.2 Å². The second-order valence-electron chi connectivity index (χ2n) is 5.77. The lowest BCUT2D eigenvalue weighted by Crippen LogP contribution is -2.60. The van der Waals surface area contributed by atoms with E-state index in [0.717, 1.165) is 6.42 Å². The van der Waals surface area contributed by atoms with E-state index in [-0.39, 0.29) is 17.6 Å². The van der Waals surface area contributed by atoms with Crippen LogP contribution in [0, 0.1) is 5.41 Å². The van der Waals surface area contributed by atoms with E-state index < -0.39 is 12.1 Å². The van der Waals surface area contributed by atoms with Gasteiger partial charge in [-0.25, -0.2) is 0 Å². The van der Waals surface area contributed by atoms with Gasteiger partial charge in [0.15, 0.2) is 0 Å². The minimum atomic E-state index is -0.849. The largest absolute Gasteiger partial charge is 0.351 e. The van der Waals surface area contributed by atoms with Crippen LogP contribution >= 0.6 is 0 Å². The van der Waals surface area contributed by atoms with Gasteiger partial charge >= 0.3 is 0 Å². The summed E-state index contributed by atoms with van der Waals surface area (Å²) in [6, 6.07) is 0. The molecule has 17 heavy (non-hydrogen) atoms. The lowest BCUT2D eigenvalue weighted by atomic mass is 9.83. The van der Waals surface area contributed by atoms with E-state index in [1.54, 1.807) is 14.2 Å². The molecule has 2 unspecified atom stereocenters. The Hall–Kier alpha value is -0.160. The molecule has 4 nitrogen and oxygen atoms in total. The van der Waals surface area contributed by atoms with E-state index >= 15 is 0 Å². The maximum absolute atomic E-state index is 6.12. The van der Waals surface area contributed by atoms with Gasteiger partial charge in [0.2, 0.25) is 12.1 Å². The molecular weight excluding hydrogens is 220 g/mol. The molecule has 1 aliphatic heterocycles. The molecule has 1 fully saturated rings. The monoisotopic (exact) mass is 246 g/mol. The Bertz CT molecular complexity index is 248. The highest BCUT2D eigenvalue weighted by Crippen LogP contribution is 2.39. The molecule has 0 aromatic heterocycles. The Morgan fingerprint density at radius 2 is 1.82 bits per heavy atom. The lowest BCUT2D eigenvalue weighted by molar-refractivity contribution is -0.411. The highest BCUT2D eigenvalue weighted by atomic mass is 16.8. The van der Waals surface area contributed by atoms with Gasteiger partial charge in [-0.05, 0) is 18.8 Å². The van der Waals surface area contributed by atoms with Gasteiger partial charge in [0.25, 0.3) is 0 Å². The van der Waals surface area contributed by atoms with E-state index in [4.69, 9.17) is 18.9 Å². The Morgan fingerprint density at radius 1 is 1.24 bits per heavy atom. The molecule has 4 atom stereocenters. The summed E-state index contributed by atoms with van der Waals surface area (Å²) in [6.07, 6.45) is 0.421. The Kier molecular flexibility index (Phi) is 4.58. The number of hydrogen-bond donors (Lipinski definition) is 0. The summed E-state index contributed by atoms with van der Waals surface area (Å²) in [6.45, 7) is 10.4. The third kappa shape index (κ3) is 2.99. The molecule has 0 N–H and O–H groups in total. The molecule has 4 heteroatoms. The average molecular weight is 246 g/mol. The minimum absolute atomic E-state index is 0.000815. The zero-order chi connectivity index (χ0) is 13.3. The quantitative estimate of drug-likeness (QED) is 0.767.